The Morgan fingerprint density at radius 2 is 1.42 bits per heavy atom. The molecule has 3 rings (SSSR count). The van der Waals surface area contributed by atoms with Gasteiger partial charge in [0.25, 0.3) is 0 Å². The van der Waals surface area contributed by atoms with Crippen molar-refractivity contribution < 1.29 is 15.0 Å². The summed E-state index contributed by atoms with van der Waals surface area (Å²) >= 11 is 0. The highest BCUT2D eigenvalue weighted by molar-refractivity contribution is 6.09. The Morgan fingerprint density at radius 1 is 0.792 bits per heavy atom. The highest BCUT2D eigenvalue weighted by atomic mass is 16.3. The predicted octanol–water partition coefficient (Wildman–Crippen LogP) is 3.49. The van der Waals surface area contributed by atoms with Gasteiger partial charge in [-0.3, -0.25) is 4.79 Å². The predicted molar refractivity (Wildman–Crippen MR) is 92.7 cm³/mol. The number of carbonyl (C=O) groups excluding carboxylic acids is 1. The Kier molecular flexibility index (Phi) is 4.85. The van der Waals surface area contributed by atoms with Gasteiger partial charge < -0.3 is 10.2 Å². The first-order chi connectivity index (χ1) is 11.7. The van der Waals surface area contributed by atoms with Crippen LogP contribution in [0.4, 0.5) is 0 Å². The molecule has 3 aromatic rings. The topological polar surface area (TPSA) is 57.5 Å². The fourth-order valence-electron chi connectivity index (χ4n) is 2.66. The van der Waals surface area contributed by atoms with Crippen LogP contribution < -0.4 is 0 Å². The second-order valence-corrected chi connectivity index (χ2v) is 5.63. The number of ketones is 1. The molecule has 0 aliphatic heterocycles. The van der Waals surface area contributed by atoms with Crippen LogP contribution >= 0.6 is 0 Å². The lowest BCUT2D eigenvalue weighted by Crippen LogP contribution is -2.05. The second kappa shape index (κ2) is 7.21. The molecule has 24 heavy (non-hydrogen) atoms. The third kappa shape index (κ3) is 3.43. The van der Waals surface area contributed by atoms with Crippen LogP contribution in [0.2, 0.25) is 0 Å². The molecule has 0 aromatic heterocycles. The van der Waals surface area contributed by atoms with E-state index in [9.17, 15) is 15.0 Å². The maximum Gasteiger partial charge on any atom is 0.193 e. The van der Waals surface area contributed by atoms with Crippen LogP contribution in [-0.2, 0) is 6.61 Å². The Hall–Kier alpha value is -2.75. The monoisotopic (exact) mass is 318 g/mol. The Morgan fingerprint density at radius 3 is 2.12 bits per heavy atom. The molecule has 0 bridgehead atoms. The second-order valence-electron chi connectivity index (χ2n) is 5.63. The van der Waals surface area contributed by atoms with Gasteiger partial charge >= 0.3 is 0 Å². The number of hydrogen-bond donors (Lipinski definition) is 2. The standard InChI is InChI=1S/C21H18O3/c22-14-15-6-4-9-17(12-15)21(24)19-11-5-10-18(13-19)20(23)16-7-2-1-3-8-16/h1-13,20,22-23H,14H2. The minimum atomic E-state index is -0.775. The number of benzene rings is 3. The molecule has 0 saturated carbocycles. The van der Waals surface area contributed by atoms with E-state index in [0.29, 0.717) is 22.3 Å². The quantitative estimate of drug-likeness (QED) is 0.708. The fraction of sp³-hybridized carbons (Fsp3) is 0.0952. The van der Waals surface area contributed by atoms with Gasteiger partial charge in [0.05, 0.1) is 6.61 Å². The zero-order valence-electron chi connectivity index (χ0n) is 13.1. The summed E-state index contributed by atoms with van der Waals surface area (Å²) in [5.74, 6) is -0.132. The summed E-state index contributed by atoms with van der Waals surface area (Å²) in [6.45, 7) is -0.103. The van der Waals surface area contributed by atoms with Crippen molar-refractivity contribution in [3.05, 3.63) is 107 Å². The molecular formula is C21H18O3. The molecule has 1 unspecified atom stereocenters. The Balaban J connectivity index is 1.91. The average Bonchev–Trinajstić information content (AvgIpc) is 2.67. The molecule has 0 amide bonds. The molecule has 120 valence electrons. The van der Waals surface area contributed by atoms with E-state index < -0.39 is 6.10 Å². The van der Waals surface area contributed by atoms with E-state index in [1.165, 1.54) is 0 Å². The third-order valence-electron chi connectivity index (χ3n) is 3.95. The van der Waals surface area contributed by atoms with Crippen LogP contribution in [0.15, 0.2) is 78.9 Å². The van der Waals surface area contributed by atoms with Crippen LogP contribution in [0.1, 0.15) is 38.7 Å². The highest BCUT2D eigenvalue weighted by Crippen LogP contribution is 2.23. The van der Waals surface area contributed by atoms with E-state index in [-0.39, 0.29) is 12.4 Å². The summed E-state index contributed by atoms with van der Waals surface area (Å²) in [5, 5.41) is 19.7. The average molecular weight is 318 g/mol. The SMILES string of the molecule is O=C(c1cccc(CO)c1)c1cccc(C(O)c2ccccc2)c1. The smallest absolute Gasteiger partial charge is 0.193 e. The Bertz CT molecular complexity index is 840. The molecule has 0 radical (unpaired) electrons. The van der Waals surface area contributed by atoms with E-state index in [4.69, 9.17) is 0 Å². The van der Waals surface area contributed by atoms with Gasteiger partial charge in [-0.15, -0.1) is 0 Å². The van der Waals surface area contributed by atoms with Crippen LogP contribution in [0.5, 0.6) is 0 Å². The summed E-state index contributed by atoms with van der Waals surface area (Å²) in [7, 11) is 0. The van der Waals surface area contributed by atoms with Crippen molar-refractivity contribution in [1.82, 2.24) is 0 Å². The van der Waals surface area contributed by atoms with Gasteiger partial charge in [-0.2, -0.15) is 0 Å². The minimum absolute atomic E-state index is 0.103. The highest BCUT2D eigenvalue weighted by Gasteiger charge is 2.14. The summed E-state index contributed by atoms with van der Waals surface area (Å²) in [4.78, 5) is 12.7. The summed E-state index contributed by atoms with van der Waals surface area (Å²) in [6.07, 6.45) is -0.775. The van der Waals surface area contributed by atoms with Crippen LogP contribution in [0.3, 0.4) is 0 Å². The number of carbonyl (C=O) groups is 1. The zero-order chi connectivity index (χ0) is 16.9. The molecule has 0 spiro atoms. The van der Waals surface area contributed by atoms with Crippen molar-refractivity contribution in [3.63, 3.8) is 0 Å². The molecule has 0 heterocycles. The van der Waals surface area contributed by atoms with Gasteiger partial charge in [-0.1, -0.05) is 66.7 Å². The van der Waals surface area contributed by atoms with Gasteiger partial charge in [0.15, 0.2) is 5.78 Å². The number of aliphatic hydroxyl groups is 2. The lowest BCUT2D eigenvalue weighted by Gasteiger charge is -2.12. The van der Waals surface area contributed by atoms with Crippen molar-refractivity contribution in [3.8, 4) is 0 Å². The molecular weight excluding hydrogens is 300 g/mol. The van der Waals surface area contributed by atoms with Crippen molar-refractivity contribution in [2.24, 2.45) is 0 Å². The van der Waals surface area contributed by atoms with Gasteiger partial charge in [0, 0.05) is 11.1 Å². The first-order valence-electron chi connectivity index (χ1n) is 7.76. The zero-order valence-corrected chi connectivity index (χ0v) is 13.1. The summed E-state index contributed by atoms with van der Waals surface area (Å²) in [5.41, 5.74) is 3.18. The molecule has 0 aliphatic rings. The third-order valence-corrected chi connectivity index (χ3v) is 3.95. The van der Waals surface area contributed by atoms with E-state index in [0.717, 1.165) is 5.56 Å². The lowest BCUT2D eigenvalue weighted by atomic mass is 9.96. The van der Waals surface area contributed by atoms with Gasteiger partial charge in [0.2, 0.25) is 0 Å². The fourth-order valence-corrected chi connectivity index (χ4v) is 2.66. The van der Waals surface area contributed by atoms with E-state index >= 15 is 0 Å². The molecule has 0 fully saturated rings. The van der Waals surface area contributed by atoms with Crippen molar-refractivity contribution >= 4 is 5.78 Å². The molecule has 1 atom stereocenters. The first-order valence-corrected chi connectivity index (χ1v) is 7.76. The number of hydrogen-bond acceptors (Lipinski definition) is 3. The molecule has 0 saturated heterocycles. The Labute approximate surface area is 140 Å². The maximum atomic E-state index is 12.7. The number of rotatable bonds is 5. The number of aliphatic hydroxyl groups excluding tert-OH is 2. The van der Waals surface area contributed by atoms with E-state index in [1.54, 1.807) is 48.5 Å². The lowest BCUT2D eigenvalue weighted by molar-refractivity contribution is 0.103. The summed E-state index contributed by atoms with van der Waals surface area (Å²) < 4.78 is 0. The van der Waals surface area contributed by atoms with Gasteiger partial charge in [-0.05, 0) is 28.8 Å². The van der Waals surface area contributed by atoms with E-state index in [1.807, 2.05) is 30.3 Å². The maximum absolute atomic E-state index is 12.7. The van der Waals surface area contributed by atoms with Crippen molar-refractivity contribution in [1.29, 1.82) is 0 Å². The molecule has 3 aromatic carbocycles. The van der Waals surface area contributed by atoms with Crippen LogP contribution in [0.25, 0.3) is 0 Å². The van der Waals surface area contributed by atoms with Crippen LogP contribution in [-0.4, -0.2) is 16.0 Å². The molecule has 0 aliphatic carbocycles. The molecule has 3 nitrogen and oxygen atoms in total. The first kappa shape index (κ1) is 16.1. The van der Waals surface area contributed by atoms with Gasteiger partial charge in [-0.25, -0.2) is 0 Å². The largest absolute Gasteiger partial charge is 0.392 e. The van der Waals surface area contributed by atoms with Gasteiger partial charge in [0.1, 0.15) is 6.10 Å². The molecule has 2 N–H and O–H groups in total. The minimum Gasteiger partial charge on any atom is -0.392 e. The summed E-state index contributed by atoms with van der Waals surface area (Å²) in [6, 6.07) is 23.3. The van der Waals surface area contributed by atoms with Crippen molar-refractivity contribution in [2.45, 2.75) is 12.7 Å². The van der Waals surface area contributed by atoms with Crippen LogP contribution in [0, 0.1) is 0 Å². The van der Waals surface area contributed by atoms with E-state index in [2.05, 4.69) is 0 Å². The van der Waals surface area contributed by atoms with Crippen molar-refractivity contribution in [2.75, 3.05) is 0 Å². The normalized spacial score (nSPS) is 11.9. The molecule has 3 heteroatoms.